The molecule has 0 aliphatic rings. The largest absolute Gasteiger partial charge is 2.00 e. The van der Waals surface area contributed by atoms with Crippen LogP contribution in [-0.2, 0) is 21.1 Å². The fraction of sp³-hybridized carbons (Fsp3) is 0.133. The molecule has 9 heterocycles. The number of fused-ring (bicyclic) bond motifs is 9. The summed E-state index contributed by atoms with van der Waals surface area (Å²) in [6.07, 6.45) is 5.47. The number of aromatic amines is 1. The SMILES string of the molecule is CN(C)c1ccnc(Br)c1.Cc1cc(C)n(-c2[c-]c(Oc3[c-]c4c(cc3)c3ccccc3n4-c3cc(N(C)C)ccn3)ccc2)n1.Cc1cc(C)n(-c2cccc(Oc3ccc4c(c3)[nH]c3ccccc34)c2)n1.Cc1cc(C)n(-c2cccc(Oc3ccc4c5ccccc5n(-c5cc(N(C)C)ccn5)c4c3)c2)n1.[Pt+2]. The number of pyridine rings is 3. The number of anilines is 3. The van der Waals surface area contributed by atoms with Crippen LogP contribution in [0.3, 0.4) is 0 Å². The summed E-state index contributed by atoms with van der Waals surface area (Å²) in [6, 6.07) is 88.5. The van der Waals surface area contributed by atoms with E-state index in [1.807, 2.05) is 235 Å². The molecule has 0 unspecified atom stereocenters. The molecule has 18 aromatic rings. The van der Waals surface area contributed by atoms with E-state index in [2.05, 4.69) is 195 Å². The molecule has 18 nitrogen and oxygen atoms in total. The van der Waals surface area contributed by atoms with Gasteiger partial charge in [0.15, 0.2) is 0 Å². The molecule has 0 spiro atoms. The summed E-state index contributed by atoms with van der Waals surface area (Å²) in [6.45, 7) is 12.1. The maximum Gasteiger partial charge on any atom is 2.00 e. The van der Waals surface area contributed by atoms with Crippen LogP contribution in [0.25, 0.3) is 94.1 Å². The number of nitrogens with zero attached hydrogens (tertiary/aromatic N) is 14. The van der Waals surface area contributed by atoms with Crippen molar-refractivity contribution in [1.82, 2.24) is 58.4 Å². The van der Waals surface area contributed by atoms with Crippen LogP contribution in [0, 0.1) is 53.7 Å². The number of aryl methyl sites for hydroxylation is 6. The van der Waals surface area contributed by atoms with Gasteiger partial charge in [0, 0.05) is 175 Å². The first-order valence-electron chi connectivity index (χ1n) is 35.8. The Balaban J connectivity index is 0.000000130. The second-order valence-electron chi connectivity index (χ2n) is 27.3. The molecule has 0 radical (unpaired) electrons. The number of hydrogen-bond donors (Lipinski definition) is 1. The van der Waals surface area contributed by atoms with Gasteiger partial charge < -0.3 is 38.5 Å². The van der Waals surface area contributed by atoms with Gasteiger partial charge in [0.05, 0.1) is 45.0 Å². The van der Waals surface area contributed by atoms with Crippen LogP contribution in [0.1, 0.15) is 34.2 Å². The number of para-hydroxylation sites is 3. The topological polar surface area (TPSA) is 155 Å². The summed E-state index contributed by atoms with van der Waals surface area (Å²) >= 11 is 3.29. The second-order valence-corrected chi connectivity index (χ2v) is 28.1. The maximum atomic E-state index is 6.36. The van der Waals surface area contributed by atoms with Gasteiger partial charge in [-0.25, -0.2) is 24.3 Å². The van der Waals surface area contributed by atoms with E-state index >= 15 is 0 Å². The Morgan fingerprint density at radius 3 is 1.37 bits per heavy atom. The van der Waals surface area contributed by atoms with E-state index in [1.54, 1.807) is 6.20 Å². The van der Waals surface area contributed by atoms with E-state index in [0.717, 1.165) is 157 Å². The summed E-state index contributed by atoms with van der Waals surface area (Å²) in [4.78, 5) is 23.1. The summed E-state index contributed by atoms with van der Waals surface area (Å²) < 4.78 is 29.7. The molecule has 18 rings (SSSR count). The molecule has 9 aromatic carbocycles. The number of ether oxygens (including phenoxy) is 3. The van der Waals surface area contributed by atoms with Crippen LogP contribution in [0.15, 0.2) is 266 Å². The fourth-order valence-corrected chi connectivity index (χ4v) is 14.0. The van der Waals surface area contributed by atoms with E-state index < -0.39 is 0 Å². The van der Waals surface area contributed by atoms with Crippen LogP contribution in [0.4, 0.5) is 17.1 Å². The molecule has 9 aromatic heterocycles. The van der Waals surface area contributed by atoms with Gasteiger partial charge in [-0.2, -0.15) is 27.4 Å². The molecule has 550 valence electrons. The number of H-pyrrole nitrogens is 1. The summed E-state index contributed by atoms with van der Waals surface area (Å²) in [5.74, 6) is 6.03. The summed E-state index contributed by atoms with van der Waals surface area (Å²) in [5, 5.41) is 20.7. The van der Waals surface area contributed by atoms with Crippen molar-refractivity contribution in [2.24, 2.45) is 0 Å². The number of aromatic nitrogens is 12. The van der Waals surface area contributed by atoms with E-state index in [9.17, 15) is 0 Å². The van der Waals surface area contributed by atoms with Crippen LogP contribution < -0.4 is 28.9 Å². The van der Waals surface area contributed by atoms with Gasteiger partial charge in [-0.15, -0.1) is 35.7 Å². The summed E-state index contributed by atoms with van der Waals surface area (Å²) in [7, 11) is 12.1. The molecule has 0 atom stereocenters. The molecule has 0 aliphatic heterocycles. The van der Waals surface area contributed by atoms with Crippen LogP contribution >= 0.6 is 15.9 Å². The molecular formula is C90H80BrN15O3Pt. The Labute approximate surface area is 661 Å². The van der Waals surface area contributed by atoms with E-state index in [0.29, 0.717) is 11.5 Å². The predicted octanol–water partition coefficient (Wildman–Crippen LogP) is 21.1. The minimum atomic E-state index is 0. The van der Waals surface area contributed by atoms with Gasteiger partial charge >= 0.3 is 21.1 Å². The van der Waals surface area contributed by atoms with Gasteiger partial charge in [-0.1, -0.05) is 72.2 Å². The molecule has 0 saturated carbocycles. The number of benzene rings is 9. The van der Waals surface area contributed by atoms with Crippen molar-refractivity contribution in [3.05, 3.63) is 312 Å². The van der Waals surface area contributed by atoms with Crippen molar-refractivity contribution in [2.75, 3.05) is 57.0 Å². The number of rotatable bonds is 14. The summed E-state index contributed by atoms with van der Waals surface area (Å²) in [5.41, 5.74) is 18.7. The van der Waals surface area contributed by atoms with Crippen molar-refractivity contribution >= 4 is 98.4 Å². The Kier molecular flexibility index (Phi) is 21.7. The zero-order valence-electron chi connectivity index (χ0n) is 63.0. The molecular weight excluding hydrogens is 1610 g/mol. The van der Waals surface area contributed by atoms with Crippen molar-refractivity contribution in [3.8, 4) is 63.2 Å². The van der Waals surface area contributed by atoms with Crippen molar-refractivity contribution in [2.45, 2.75) is 41.5 Å². The first-order valence-corrected chi connectivity index (χ1v) is 36.5. The molecule has 0 amide bonds. The maximum absolute atomic E-state index is 6.36. The monoisotopic (exact) mass is 1690 g/mol. The fourth-order valence-electron chi connectivity index (χ4n) is 13.6. The third-order valence-corrected chi connectivity index (χ3v) is 19.1. The van der Waals surface area contributed by atoms with E-state index in [1.165, 1.54) is 16.2 Å². The predicted molar refractivity (Wildman–Crippen MR) is 445 cm³/mol. The Hall–Kier alpha value is -12.6. The van der Waals surface area contributed by atoms with Gasteiger partial charge in [-0.05, 0) is 178 Å². The molecule has 0 fully saturated rings. The number of nitrogens with one attached hydrogen (secondary N) is 1. The Bertz CT molecular complexity index is 6100. The van der Waals surface area contributed by atoms with Crippen molar-refractivity contribution in [1.29, 1.82) is 0 Å². The van der Waals surface area contributed by atoms with Crippen molar-refractivity contribution in [3.63, 3.8) is 0 Å². The normalized spacial score (nSPS) is 11.1. The van der Waals surface area contributed by atoms with Gasteiger partial charge in [0.2, 0.25) is 0 Å². The van der Waals surface area contributed by atoms with Gasteiger partial charge in [0.25, 0.3) is 0 Å². The number of hydrogen-bond acceptors (Lipinski definition) is 12. The standard InChI is InChI=1S/C30H27N5O.C30H25N5O.C23H19N3O.C7H9BrN2.Pt/c2*1-20-16-21(2)35(32-20)23-8-7-9-24(17-23)36-25-12-13-27-26-10-5-6-11-28(26)34(29(27)19-25)30-18-22(33(3)4)14-15-31-30;1-15-12-16(2)26(25-15)17-6-5-7-18(13-17)27-19-10-11-21-20-8-3-4-9-22(20)24-23(21)14-19;1-10(2)6-3-4-9-7(8)5-6;/h5-19H,1-4H3;5-16,18H,1-4H3;3-14,24H,1-2H3;3-5H,1-2H3;/q;-2;;;+2. The molecule has 0 aliphatic carbocycles. The molecule has 0 bridgehead atoms. The molecule has 110 heavy (non-hydrogen) atoms. The Morgan fingerprint density at radius 1 is 0.355 bits per heavy atom. The molecule has 0 saturated heterocycles. The van der Waals surface area contributed by atoms with Crippen molar-refractivity contribution < 1.29 is 35.3 Å². The average Bonchev–Trinajstić information content (AvgIpc) is 1.61. The van der Waals surface area contributed by atoms with Gasteiger partial charge in [-0.3, -0.25) is 9.25 Å². The minimum absolute atomic E-state index is 0. The minimum Gasteiger partial charge on any atom is -0.509 e. The second kappa shape index (κ2) is 32.1. The van der Waals surface area contributed by atoms with E-state index in [-0.39, 0.29) is 21.1 Å². The molecule has 1 N–H and O–H groups in total. The zero-order valence-corrected chi connectivity index (χ0v) is 66.9. The van der Waals surface area contributed by atoms with Crippen LogP contribution in [0.2, 0.25) is 0 Å². The first-order chi connectivity index (χ1) is 52.8. The van der Waals surface area contributed by atoms with Gasteiger partial charge in [0.1, 0.15) is 39.2 Å². The smallest absolute Gasteiger partial charge is 0.509 e. The van der Waals surface area contributed by atoms with Crippen LogP contribution in [-0.4, -0.2) is 101 Å². The Morgan fingerprint density at radius 2 is 0.809 bits per heavy atom. The number of halogens is 1. The quantitative estimate of drug-likeness (QED) is 0.0814. The first kappa shape index (κ1) is 74.3. The zero-order chi connectivity index (χ0) is 75.6. The third kappa shape index (κ3) is 15.9. The molecule has 20 heteroatoms. The third-order valence-electron chi connectivity index (χ3n) is 18.7. The van der Waals surface area contributed by atoms with E-state index in [4.69, 9.17) is 24.2 Å². The average molecular weight is 1690 g/mol. The van der Waals surface area contributed by atoms with Crippen LogP contribution in [0.5, 0.6) is 34.5 Å².